The van der Waals surface area contributed by atoms with E-state index in [9.17, 15) is 4.79 Å². The van der Waals surface area contributed by atoms with Crippen molar-refractivity contribution in [3.05, 3.63) is 17.9 Å². The van der Waals surface area contributed by atoms with Crippen molar-refractivity contribution in [1.29, 1.82) is 0 Å². The molecule has 0 saturated carbocycles. The summed E-state index contributed by atoms with van der Waals surface area (Å²) in [4.78, 5) is 11.1. The number of hydrogen-bond donors (Lipinski definition) is 4. The molecule has 0 aliphatic heterocycles. The highest BCUT2D eigenvalue weighted by Crippen LogP contribution is 2.39. The quantitative estimate of drug-likeness (QED) is 0.665. The largest absolute Gasteiger partial charge is 0.475 e. The molecule has 0 atom stereocenters. The predicted octanol–water partition coefficient (Wildman–Crippen LogP) is 2.26. The summed E-state index contributed by atoms with van der Waals surface area (Å²) in [5.74, 6) is -1.18. The maximum absolute atomic E-state index is 11.1. The molecule has 0 aliphatic rings. The van der Waals surface area contributed by atoms with Gasteiger partial charge in [-0.3, -0.25) is 0 Å². The molecule has 0 radical (unpaired) electrons. The third-order valence-electron chi connectivity index (χ3n) is 2.82. The van der Waals surface area contributed by atoms with Crippen LogP contribution in [-0.2, 0) is 0 Å². The zero-order valence-electron chi connectivity index (χ0n) is 10.4. The van der Waals surface area contributed by atoms with Crippen LogP contribution in [0.1, 0.15) is 10.6 Å². The summed E-state index contributed by atoms with van der Waals surface area (Å²) in [6.45, 7) is 0. The number of benzene rings is 1. The molecule has 96 valence electrons. The van der Waals surface area contributed by atoms with E-state index in [1.807, 2.05) is 6.07 Å². The molecule has 6 heteroatoms. The van der Waals surface area contributed by atoms with Gasteiger partial charge in [-0.1, -0.05) is 0 Å². The van der Waals surface area contributed by atoms with Gasteiger partial charge in [-0.25, -0.2) is 4.79 Å². The Kier molecular flexibility index (Phi) is 3.01. The molecule has 0 bridgehead atoms. The smallest absolute Gasteiger partial charge is 0.374 e. The average Bonchev–Trinajstić information content (AvgIpc) is 2.75. The molecule has 0 saturated heterocycles. The predicted molar refractivity (Wildman–Crippen MR) is 71.8 cm³/mol. The van der Waals surface area contributed by atoms with Crippen LogP contribution in [0.3, 0.4) is 0 Å². The zero-order chi connectivity index (χ0) is 13.3. The summed E-state index contributed by atoms with van der Waals surface area (Å²) < 4.78 is 5.36. The molecular formula is C12H15N3O3. The molecule has 0 unspecified atom stereocenters. The van der Waals surface area contributed by atoms with Crippen LogP contribution in [0.15, 0.2) is 16.5 Å². The first-order valence-electron chi connectivity index (χ1n) is 5.50. The van der Waals surface area contributed by atoms with Gasteiger partial charge in [0, 0.05) is 21.1 Å². The Bertz CT molecular complexity index is 604. The molecule has 6 nitrogen and oxygen atoms in total. The molecule has 0 amide bonds. The van der Waals surface area contributed by atoms with Gasteiger partial charge in [0.05, 0.1) is 22.4 Å². The maximum atomic E-state index is 11.1. The number of aromatic carboxylic acids is 1. The number of carboxylic acids is 1. The van der Waals surface area contributed by atoms with Gasteiger partial charge < -0.3 is 25.5 Å². The number of carboxylic acid groups (broad SMARTS) is 1. The van der Waals surface area contributed by atoms with Crippen LogP contribution in [0.25, 0.3) is 11.0 Å². The van der Waals surface area contributed by atoms with Crippen LogP contribution in [0.2, 0.25) is 0 Å². The molecule has 1 aromatic heterocycles. The fourth-order valence-corrected chi connectivity index (χ4v) is 2.05. The Labute approximate surface area is 104 Å². The van der Waals surface area contributed by atoms with Gasteiger partial charge in [0.25, 0.3) is 0 Å². The van der Waals surface area contributed by atoms with Crippen LogP contribution >= 0.6 is 0 Å². The van der Waals surface area contributed by atoms with Crippen LogP contribution in [0.5, 0.6) is 0 Å². The van der Waals surface area contributed by atoms with E-state index >= 15 is 0 Å². The van der Waals surface area contributed by atoms with Gasteiger partial charge in [0.1, 0.15) is 5.58 Å². The molecule has 1 aromatic carbocycles. The second kappa shape index (κ2) is 4.48. The SMILES string of the molecule is CNc1ccc2oc(C(=O)O)c(NC)c2c1NC. The van der Waals surface area contributed by atoms with Crippen molar-refractivity contribution in [2.24, 2.45) is 0 Å². The van der Waals surface area contributed by atoms with Gasteiger partial charge >= 0.3 is 5.97 Å². The number of nitrogens with one attached hydrogen (secondary N) is 3. The zero-order valence-corrected chi connectivity index (χ0v) is 10.4. The van der Waals surface area contributed by atoms with Crippen molar-refractivity contribution in [2.45, 2.75) is 0 Å². The molecular weight excluding hydrogens is 234 g/mol. The summed E-state index contributed by atoms with van der Waals surface area (Å²) in [7, 11) is 5.25. The first-order chi connectivity index (χ1) is 8.63. The highest BCUT2D eigenvalue weighted by molar-refractivity contribution is 6.11. The molecule has 2 rings (SSSR count). The van der Waals surface area contributed by atoms with E-state index in [1.54, 1.807) is 27.2 Å². The number of furan rings is 1. The maximum Gasteiger partial charge on any atom is 0.374 e. The van der Waals surface area contributed by atoms with E-state index in [0.29, 0.717) is 11.3 Å². The molecule has 0 aliphatic carbocycles. The Morgan fingerprint density at radius 2 is 1.78 bits per heavy atom. The first kappa shape index (κ1) is 12.1. The van der Waals surface area contributed by atoms with Gasteiger partial charge in [-0.05, 0) is 12.1 Å². The molecule has 0 fully saturated rings. The van der Waals surface area contributed by atoms with E-state index in [1.165, 1.54) is 0 Å². The van der Waals surface area contributed by atoms with E-state index in [-0.39, 0.29) is 5.76 Å². The lowest BCUT2D eigenvalue weighted by molar-refractivity contribution is 0.0666. The van der Waals surface area contributed by atoms with Crippen LogP contribution < -0.4 is 16.0 Å². The fraction of sp³-hybridized carbons (Fsp3) is 0.250. The molecule has 2 aromatic rings. The lowest BCUT2D eigenvalue weighted by Gasteiger charge is -2.10. The Morgan fingerprint density at radius 1 is 1.11 bits per heavy atom. The second-order valence-electron chi connectivity index (χ2n) is 3.72. The third kappa shape index (κ3) is 1.62. The summed E-state index contributed by atoms with van der Waals surface area (Å²) in [6.07, 6.45) is 0. The minimum atomic E-state index is -1.09. The van der Waals surface area contributed by atoms with Crippen molar-refractivity contribution in [3.8, 4) is 0 Å². The van der Waals surface area contributed by atoms with Crippen molar-refractivity contribution >= 4 is 34.0 Å². The minimum absolute atomic E-state index is 0.0859. The summed E-state index contributed by atoms with van der Waals surface area (Å²) in [6, 6.07) is 3.58. The molecule has 0 spiro atoms. The number of rotatable bonds is 4. The average molecular weight is 249 g/mol. The summed E-state index contributed by atoms with van der Waals surface area (Å²) >= 11 is 0. The third-order valence-corrected chi connectivity index (χ3v) is 2.82. The van der Waals surface area contributed by atoms with Crippen LogP contribution in [-0.4, -0.2) is 32.2 Å². The molecule has 18 heavy (non-hydrogen) atoms. The monoisotopic (exact) mass is 249 g/mol. The van der Waals surface area contributed by atoms with Gasteiger partial charge in [0.2, 0.25) is 5.76 Å². The van der Waals surface area contributed by atoms with Crippen molar-refractivity contribution < 1.29 is 14.3 Å². The first-order valence-corrected chi connectivity index (χ1v) is 5.50. The number of carbonyl (C=O) groups is 1. The highest BCUT2D eigenvalue weighted by Gasteiger charge is 2.22. The van der Waals surface area contributed by atoms with Crippen LogP contribution in [0.4, 0.5) is 17.1 Å². The lowest BCUT2D eigenvalue weighted by Crippen LogP contribution is -2.01. The normalized spacial score (nSPS) is 10.4. The van der Waals surface area contributed by atoms with E-state index in [2.05, 4.69) is 16.0 Å². The highest BCUT2D eigenvalue weighted by atomic mass is 16.4. The Morgan fingerprint density at radius 3 is 2.28 bits per heavy atom. The van der Waals surface area contributed by atoms with Crippen molar-refractivity contribution in [3.63, 3.8) is 0 Å². The summed E-state index contributed by atoms with van der Waals surface area (Å²) in [5.41, 5.74) is 2.67. The summed E-state index contributed by atoms with van der Waals surface area (Å²) in [5, 5.41) is 18.8. The molecule has 4 N–H and O–H groups in total. The fourth-order valence-electron chi connectivity index (χ4n) is 2.05. The van der Waals surface area contributed by atoms with Gasteiger partial charge in [-0.15, -0.1) is 0 Å². The van der Waals surface area contributed by atoms with Crippen LogP contribution in [0, 0.1) is 0 Å². The Hall–Kier alpha value is -2.37. The van der Waals surface area contributed by atoms with Gasteiger partial charge in [-0.2, -0.15) is 0 Å². The van der Waals surface area contributed by atoms with E-state index in [0.717, 1.165) is 16.8 Å². The number of fused-ring (bicyclic) bond motifs is 1. The van der Waals surface area contributed by atoms with Gasteiger partial charge in [0.15, 0.2) is 0 Å². The standard InChI is InChI=1S/C12H15N3O3/c1-13-6-4-5-7-8(9(6)14-2)10(15-3)11(18-7)12(16)17/h4-5,13-15H,1-3H3,(H,16,17). The number of anilines is 3. The number of hydrogen-bond acceptors (Lipinski definition) is 5. The van der Waals surface area contributed by atoms with E-state index in [4.69, 9.17) is 9.52 Å². The lowest BCUT2D eigenvalue weighted by atomic mass is 10.1. The van der Waals surface area contributed by atoms with Crippen molar-refractivity contribution in [1.82, 2.24) is 0 Å². The molecule has 1 heterocycles. The topological polar surface area (TPSA) is 86.5 Å². The van der Waals surface area contributed by atoms with E-state index < -0.39 is 5.97 Å². The Balaban J connectivity index is 2.86. The second-order valence-corrected chi connectivity index (χ2v) is 3.72. The minimum Gasteiger partial charge on any atom is -0.475 e. The van der Waals surface area contributed by atoms with Crippen molar-refractivity contribution in [2.75, 3.05) is 37.1 Å².